The summed E-state index contributed by atoms with van der Waals surface area (Å²) in [5.74, 6) is -0.469. The third-order valence-corrected chi connectivity index (χ3v) is 7.01. The van der Waals surface area contributed by atoms with Gasteiger partial charge in [0, 0.05) is 30.3 Å². The average molecular weight is 474 g/mol. The smallest absolute Gasteiger partial charge is 0.275 e. The van der Waals surface area contributed by atoms with Crippen molar-refractivity contribution in [3.63, 3.8) is 0 Å². The molecule has 1 saturated carbocycles. The Hall–Kier alpha value is -3.23. The van der Waals surface area contributed by atoms with E-state index in [1.165, 1.54) is 30.2 Å². The van der Waals surface area contributed by atoms with E-state index >= 15 is 0 Å². The minimum atomic E-state index is -1.12. The van der Waals surface area contributed by atoms with E-state index in [2.05, 4.69) is 26.2 Å². The van der Waals surface area contributed by atoms with Gasteiger partial charge in [-0.2, -0.15) is 0 Å². The average Bonchev–Trinajstić information content (AvgIpc) is 3.49. The minimum Gasteiger partial charge on any atom is -0.463 e. The van der Waals surface area contributed by atoms with E-state index in [-0.39, 0.29) is 45.3 Å². The van der Waals surface area contributed by atoms with Gasteiger partial charge in [-0.3, -0.25) is 9.79 Å². The van der Waals surface area contributed by atoms with Crippen LogP contribution in [0.3, 0.4) is 0 Å². The molecule has 4 rings (SSSR count). The number of fused-ring (bicyclic) bond motifs is 1. The molecule has 0 bridgehead atoms. The summed E-state index contributed by atoms with van der Waals surface area (Å²) >= 11 is 1.39. The second-order valence-corrected chi connectivity index (χ2v) is 9.40. The molecule has 1 aromatic heterocycles. The van der Waals surface area contributed by atoms with Crippen LogP contribution < -0.4 is 15.8 Å². The number of nitrogens with one attached hydrogen (secondary N) is 1. The van der Waals surface area contributed by atoms with Crippen LogP contribution in [-0.2, 0) is 10.3 Å². The molecule has 11 heteroatoms. The number of aromatic nitrogens is 2. The van der Waals surface area contributed by atoms with Gasteiger partial charge in [0.2, 0.25) is 5.88 Å². The zero-order valence-electron chi connectivity index (χ0n) is 17.9. The molecule has 2 aromatic rings. The summed E-state index contributed by atoms with van der Waals surface area (Å²) in [5.41, 5.74) is 4.94. The lowest BCUT2D eigenvalue weighted by molar-refractivity contribution is 0.102. The maximum absolute atomic E-state index is 15.0. The van der Waals surface area contributed by atoms with Gasteiger partial charge in [-0.05, 0) is 19.4 Å². The Bertz CT molecular complexity index is 1170. The molecule has 0 spiro atoms. The number of hydrogen-bond donors (Lipinski definition) is 2. The highest BCUT2D eigenvalue weighted by molar-refractivity contribution is 8.15. The SMILES string of the molecule is C#CCOc1cnc(C(=O)Nc2cc(F)c(F)c([C@]3(C)N=C(N)S[C@@]4(COC)C[C@H]43)c2)cn1. The fourth-order valence-corrected chi connectivity index (χ4v) is 5.63. The van der Waals surface area contributed by atoms with Crippen LogP contribution in [0.1, 0.15) is 29.4 Å². The van der Waals surface area contributed by atoms with E-state index in [1.54, 1.807) is 14.0 Å². The highest BCUT2D eigenvalue weighted by atomic mass is 32.2. The first-order chi connectivity index (χ1) is 15.7. The lowest BCUT2D eigenvalue weighted by atomic mass is 9.85. The van der Waals surface area contributed by atoms with Crippen LogP contribution in [0.25, 0.3) is 0 Å². The van der Waals surface area contributed by atoms with Crippen molar-refractivity contribution in [3.8, 4) is 18.2 Å². The zero-order valence-corrected chi connectivity index (χ0v) is 18.7. The standard InChI is InChI=1S/C22H21F2N5O3S/c1-4-5-32-17-10-26-15(9-27-17)19(30)28-12-6-13(18(24)14(23)7-12)21(2)16-8-22(16,11-31-3)33-20(25)29-21/h1,6-7,9-10,16H,5,8,11H2,2-3H3,(H2,25,29)(H,28,30)/t16-,21-,22+/m0/s1. The molecule has 0 radical (unpaired) electrons. The Morgan fingerprint density at radius 2 is 2.18 bits per heavy atom. The topological polar surface area (TPSA) is 112 Å². The second-order valence-electron chi connectivity index (χ2n) is 7.96. The second kappa shape index (κ2) is 8.61. The molecule has 1 aromatic carbocycles. The Morgan fingerprint density at radius 1 is 1.39 bits per heavy atom. The van der Waals surface area contributed by atoms with Crippen LogP contribution >= 0.6 is 11.8 Å². The number of amidine groups is 1. The lowest BCUT2D eigenvalue weighted by Gasteiger charge is -2.34. The predicted molar refractivity (Wildman–Crippen MR) is 120 cm³/mol. The Labute approximate surface area is 193 Å². The number of terminal acetylenes is 1. The van der Waals surface area contributed by atoms with Crippen molar-refractivity contribution in [1.29, 1.82) is 0 Å². The molecule has 0 unspecified atom stereocenters. The van der Waals surface area contributed by atoms with Gasteiger partial charge in [-0.1, -0.05) is 17.7 Å². The molecular weight excluding hydrogens is 452 g/mol. The molecule has 1 aliphatic carbocycles. The number of rotatable bonds is 7. The molecule has 1 amide bonds. The quantitative estimate of drug-likeness (QED) is 0.595. The molecule has 1 aliphatic heterocycles. The minimum absolute atomic E-state index is 0.00754. The van der Waals surface area contributed by atoms with Crippen molar-refractivity contribution in [2.45, 2.75) is 23.6 Å². The summed E-state index contributed by atoms with van der Waals surface area (Å²) < 4.78 is 39.6. The molecule has 3 atom stereocenters. The first-order valence-corrected chi connectivity index (χ1v) is 10.8. The van der Waals surface area contributed by atoms with Gasteiger partial charge >= 0.3 is 0 Å². The molecule has 8 nitrogen and oxygen atoms in total. The monoisotopic (exact) mass is 473 g/mol. The predicted octanol–water partition coefficient (Wildman–Crippen LogP) is 2.70. The summed E-state index contributed by atoms with van der Waals surface area (Å²) in [4.78, 5) is 25.0. The normalized spacial score (nSPS) is 25.4. The van der Waals surface area contributed by atoms with E-state index in [0.717, 1.165) is 6.07 Å². The summed E-state index contributed by atoms with van der Waals surface area (Å²) in [6, 6.07) is 2.27. The van der Waals surface area contributed by atoms with Crippen molar-refractivity contribution in [2.75, 3.05) is 25.6 Å². The van der Waals surface area contributed by atoms with Gasteiger partial charge < -0.3 is 20.5 Å². The first-order valence-electron chi connectivity index (χ1n) is 9.95. The number of carbonyl (C=O) groups excluding carboxylic acids is 1. The molecule has 2 aliphatic rings. The van der Waals surface area contributed by atoms with Gasteiger partial charge in [0.05, 0.1) is 29.3 Å². The molecular formula is C22H21F2N5O3S. The van der Waals surface area contributed by atoms with Crippen molar-refractivity contribution < 1.29 is 23.0 Å². The summed E-state index contributed by atoms with van der Waals surface area (Å²) in [7, 11) is 1.58. The van der Waals surface area contributed by atoms with Gasteiger partial charge in [0.1, 0.15) is 5.69 Å². The van der Waals surface area contributed by atoms with E-state index in [9.17, 15) is 13.6 Å². The van der Waals surface area contributed by atoms with E-state index in [0.29, 0.717) is 13.0 Å². The molecule has 2 heterocycles. The Kier molecular flexibility index (Phi) is 5.99. The Morgan fingerprint density at radius 3 is 2.85 bits per heavy atom. The van der Waals surface area contributed by atoms with Crippen molar-refractivity contribution >= 4 is 28.5 Å². The summed E-state index contributed by atoms with van der Waals surface area (Å²) in [5, 5.41) is 2.81. The van der Waals surface area contributed by atoms with Crippen molar-refractivity contribution in [3.05, 3.63) is 47.4 Å². The van der Waals surface area contributed by atoms with Crippen LogP contribution in [0.5, 0.6) is 5.88 Å². The number of thioether (sulfide) groups is 1. The molecule has 1 fully saturated rings. The van der Waals surface area contributed by atoms with Gasteiger partial charge in [0.15, 0.2) is 23.4 Å². The fraction of sp³-hybridized carbons (Fsp3) is 0.364. The largest absolute Gasteiger partial charge is 0.463 e. The number of anilines is 1. The van der Waals surface area contributed by atoms with E-state index in [4.69, 9.17) is 21.6 Å². The lowest BCUT2D eigenvalue weighted by Crippen LogP contribution is -2.38. The Balaban J connectivity index is 1.61. The number of benzene rings is 1. The van der Waals surface area contributed by atoms with E-state index < -0.39 is 23.1 Å². The highest BCUT2D eigenvalue weighted by Gasteiger charge is 2.66. The van der Waals surface area contributed by atoms with Crippen LogP contribution in [-0.4, -0.2) is 46.1 Å². The van der Waals surface area contributed by atoms with Gasteiger partial charge in [-0.15, -0.1) is 6.42 Å². The van der Waals surface area contributed by atoms with Gasteiger partial charge in [-0.25, -0.2) is 18.7 Å². The first kappa shape index (κ1) is 22.9. The van der Waals surface area contributed by atoms with Gasteiger partial charge in [0.25, 0.3) is 5.91 Å². The number of halogens is 2. The van der Waals surface area contributed by atoms with Crippen molar-refractivity contribution in [1.82, 2.24) is 9.97 Å². The number of ether oxygens (including phenoxy) is 2. The number of aliphatic imine (C=N–C) groups is 1. The number of carbonyl (C=O) groups is 1. The maximum atomic E-state index is 15.0. The third-order valence-electron chi connectivity index (χ3n) is 5.74. The maximum Gasteiger partial charge on any atom is 0.275 e. The van der Waals surface area contributed by atoms with Crippen LogP contribution in [0.15, 0.2) is 29.5 Å². The summed E-state index contributed by atoms with van der Waals surface area (Å²) in [6.45, 7) is 2.13. The molecule has 0 saturated heterocycles. The number of amides is 1. The fourth-order valence-electron chi connectivity index (χ4n) is 4.18. The van der Waals surface area contributed by atoms with Crippen LogP contribution in [0, 0.1) is 29.9 Å². The van der Waals surface area contributed by atoms with Crippen LogP contribution in [0.4, 0.5) is 14.5 Å². The summed E-state index contributed by atoms with van der Waals surface area (Å²) in [6.07, 6.45) is 8.23. The molecule has 33 heavy (non-hydrogen) atoms. The highest BCUT2D eigenvalue weighted by Crippen LogP contribution is 2.66. The number of hydrogen-bond acceptors (Lipinski definition) is 8. The number of methoxy groups -OCH3 is 1. The van der Waals surface area contributed by atoms with Crippen LogP contribution in [0.2, 0.25) is 0 Å². The molecule has 172 valence electrons. The third kappa shape index (κ3) is 4.24. The van der Waals surface area contributed by atoms with E-state index in [1.807, 2.05) is 0 Å². The number of nitrogens with zero attached hydrogens (tertiary/aromatic N) is 3. The molecule has 3 N–H and O–H groups in total. The zero-order chi connectivity index (χ0) is 23.8. The van der Waals surface area contributed by atoms with Crippen molar-refractivity contribution in [2.24, 2.45) is 16.6 Å². The number of nitrogens with two attached hydrogens (primary N) is 1.